The van der Waals surface area contributed by atoms with Crippen LogP contribution in [-0.2, 0) is 5.88 Å². The third-order valence-electron chi connectivity index (χ3n) is 1.96. The minimum atomic E-state index is -0.631. The molecule has 0 spiro atoms. The molecule has 0 aliphatic carbocycles. The molecule has 0 atom stereocenters. The van der Waals surface area contributed by atoms with E-state index in [2.05, 4.69) is 4.98 Å². The number of hydrogen-bond donors (Lipinski definition) is 0. The molecule has 0 radical (unpaired) electrons. The van der Waals surface area contributed by atoms with Gasteiger partial charge >= 0.3 is 0 Å². The number of halogens is 3. The minimum Gasteiger partial charge on any atom is -0.303 e. The standard InChI is InChI=1S/C10H7ClF2N2/c11-4-8-5-15(6-14-8)10-2-1-7(12)3-9(10)13/h1-3,5-6H,4H2. The number of hydrogen-bond acceptors (Lipinski definition) is 1. The average Bonchev–Trinajstić information content (AvgIpc) is 2.66. The van der Waals surface area contributed by atoms with Crippen LogP contribution < -0.4 is 0 Å². The molecule has 1 aromatic carbocycles. The third kappa shape index (κ3) is 1.99. The first-order valence-corrected chi connectivity index (χ1v) is 4.78. The second-order valence-electron chi connectivity index (χ2n) is 3.00. The zero-order chi connectivity index (χ0) is 10.8. The van der Waals surface area contributed by atoms with E-state index in [4.69, 9.17) is 11.6 Å². The molecule has 2 aromatic rings. The first-order valence-electron chi connectivity index (χ1n) is 4.25. The number of aromatic nitrogens is 2. The summed E-state index contributed by atoms with van der Waals surface area (Å²) in [4.78, 5) is 3.95. The predicted molar refractivity (Wildman–Crippen MR) is 53.0 cm³/mol. The average molecular weight is 229 g/mol. The minimum absolute atomic E-state index is 0.250. The fourth-order valence-electron chi connectivity index (χ4n) is 1.25. The van der Waals surface area contributed by atoms with Gasteiger partial charge in [-0.2, -0.15) is 0 Å². The summed E-state index contributed by atoms with van der Waals surface area (Å²) in [6.07, 6.45) is 3.04. The second-order valence-corrected chi connectivity index (χ2v) is 3.27. The van der Waals surface area contributed by atoms with Crippen LogP contribution in [0.25, 0.3) is 5.69 Å². The van der Waals surface area contributed by atoms with Gasteiger partial charge in [-0.05, 0) is 12.1 Å². The quantitative estimate of drug-likeness (QED) is 0.723. The highest BCUT2D eigenvalue weighted by molar-refractivity contribution is 6.16. The van der Waals surface area contributed by atoms with Crippen molar-refractivity contribution in [2.24, 2.45) is 0 Å². The van der Waals surface area contributed by atoms with Crippen LogP contribution in [0.1, 0.15) is 5.69 Å². The van der Waals surface area contributed by atoms with Gasteiger partial charge in [-0.3, -0.25) is 0 Å². The normalized spacial score (nSPS) is 10.6. The first kappa shape index (κ1) is 10.1. The number of imidazole rings is 1. The van der Waals surface area contributed by atoms with E-state index in [0.29, 0.717) is 5.69 Å². The van der Waals surface area contributed by atoms with E-state index in [-0.39, 0.29) is 11.6 Å². The largest absolute Gasteiger partial charge is 0.303 e. The fourth-order valence-corrected chi connectivity index (χ4v) is 1.39. The maximum atomic E-state index is 13.3. The summed E-state index contributed by atoms with van der Waals surface area (Å²) < 4.78 is 27.4. The van der Waals surface area contributed by atoms with Crippen LogP contribution >= 0.6 is 11.6 Å². The zero-order valence-electron chi connectivity index (χ0n) is 7.62. The maximum Gasteiger partial charge on any atom is 0.150 e. The summed E-state index contributed by atoms with van der Waals surface area (Å²) in [5, 5.41) is 0. The Morgan fingerprint density at radius 2 is 2.13 bits per heavy atom. The molecule has 0 fully saturated rings. The van der Waals surface area contributed by atoms with Crippen molar-refractivity contribution in [3.63, 3.8) is 0 Å². The molecular formula is C10H7ClF2N2. The number of rotatable bonds is 2. The van der Waals surface area contributed by atoms with Gasteiger partial charge in [0.1, 0.15) is 11.6 Å². The molecule has 2 nitrogen and oxygen atoms in total. The number of benzene rings is 1. The van der Waals surface area contributed by atoms with E-state index in [1.807, 2.05) is 0 Å². The highest BCUT2D eigenvalue weighted by Gasteiger charge is 2.06. The van der Waals surface area contributed by atoms with Gasteiger partial charge in [0.05, 0.1) is 23.6 Å². The van der Waals surface area contributed by atoms with Gasteiger partial charge in [-0.1, -0.05) is 0 Å². The highest BCUT2D eigenvalue weighted by Crippen LogP contribution is 2.15. The Balaban J connectivity index is 2.44. The Labute approximate surface area is 90.1 Å². The van der Waals surface area contributed by atoms with Gasteiger partial charge in [0.15, 0.2) is 0 Å². The predicted octanol–water partition coefficient (Wildman–Crippen LogP) is 2.89. The Morgan fingerprint density at radius 1 is 1.33 bits per heavy atom. The van der Waals surface area contributed by atoms with Crippen LogP contribution in [0.4, 0.5) is 8.78 Å². The first-order chi connectivity index (χ1) is 7.20. The molecule has 15 heavy (non-hydrogen) atoms. The van der Waals surface area contributed by atoms with Crippen molar-refractivity contribution in [1.29, 1.82) is 0 Å². The summed E-state index contributed by atoms with van der Waals surface area (Å²) in [6, 6.07) is 3.37. The van der Waals surface area contributed by atoms with E-state index < -0.39 is 11.6 Å². The number of alkyl halides is 1. The summed E-state index contributed by atoms with van der Waals surface area (Å²) in [7, 11) is 0. The Bertz CT molecular complexity index is 482. The van der Waals surface area contributed by atoms with Crippen LogP contribution in [0.5, 0.6) is 0 Å². The molecule has 0 bridgehead atoms. The lowest BCUT2D eigenvalue weighted by Crippen LogP contribution is -1.95. The van der Waals surface area contributed by atoms with E-state index in [9.17, 15) is 8.78 Å². The monoisotopic (exact) mass is 228 g/mol. The van der Waals surface area contributed by atoms with Crippen LogP contribution in [0.2, 0.25) is 0 Å². The van der Waals surface area contributed by atoms with Crippen molar-refractivity contribution in [3.05, 3.63) is 48.1 Å². The lowest BCUT2D eigenvalue weighted by Gasteiger charge is -2.02. The molecule has 0 amide bonds. The summed E-state index contributed by atoms with van der Waals surface area (Å²) in [5.74, 6) is -0.974. The Hall–Kier alpha value is -1.42. The molecule has 2 rings (SSSR count). The van der Waals surface area contributed by atoms with Gasteiger partial charge in [0.2, 0.25) is 0 Å². The van der Waals surface area contributed by atoms with Gasteiger partial charge in [-0.15, -0.1) is 11.6 Å². The van der Waals surface area contributed by atoms with Gasteiger partial charge in [-0.25, -0.2) is 13.8 Å². The van der Waals surface area contributed by atoms with Gasteiger partial charge in [0.25, 0.3) is 0 Å². The summed E-state index contributed by atoms with van der Waals surface area (Å²) in [6.45, 7) is 0. The second kappa shape index (κ2) is 3.98. The lowest BCUT2D eigenvalue weighted by molar-refractivity contribution is 0.578. The molecule has 0 unspecified atom stereocenters. The van der Waals surface area contributed by atoms with Crippen molar-refractivity contribution in [2.75, 3.05) is 0 Å². The van der Waals surface area contributed by atoms with Gasteiger partial charge < -0.3 is 4.57 Å². The molecular weight excluding hydrogens is 222 g/mol. The van der Waals surface area contributed by atoms with Crippen LogP contribution in [0.15, 0.2) is 30.7 Å². The molecule has 5 heteroatoms. The molecule has 1 heterocycles. The van der Waals surface area contributed by atoms with Crippen molar-refractivity contribution < 1.29 is 8.78 Å². The maximum absolute atomic E-state index is 13.3. The zero-order valence-corrected chi connectivity index (χ0v) is 8.38. The summed E-state index contributed by atoms with van der Waals surface area (Å²) >= 11 is 5.56. The Morgan fingerprint density at radius 3 is 2.73 bits per heavy atom. The van der Waals surface area contributed by atoms with E-state index >= 15 is 0 Å². The Kier molecular flexibility index (Phi) is 2.68. The molecule has 78 valence electrons. The van der Waals surface area contributed by atoms with Crippen LogP contribution in [0.3, 0.4) is 0 Å². The SMILES string of the molecule is Fc1ccc(-n2cnc(CCl)c2)c(F)c1. The summed E-state index contributed by atoms with van der Waals surface area (Å²) in [5.41, 5.74) is 0.889. The van der Waals surface area contributed by atoms with E-state index in [1.165, 1.54) is 23.0 Å². The van der Waals surface area contributed by atoms with Gasteiger partial charge in [0, 0.05) is 12.3 Å². The molecule has 0 aliphatic heterocycles. The molecule has 0 saturated carbocycles. The van der Waals surface area contributed by atoms with Crippen molar-refractivity contribution in [1.82, 2.24) is 9.55 Å². The van der Waals surface area contributed by atoms with Crippen LogP contribution in [-0.4, -0.2) is 9.55 Å². The highest BCUT2D eigenvalue weighted by atomic mass is 35.5. The molecule has 0 saturated heterocycles. The molecule has 1 aromatic heterocycles. The molecule has 0 aliphatic rings. The number of nitrogens with zero attached hydrogens (tertiary/aromatic N) is 2. The third-order valence-corrected chi connectivity index (χ3v) is 2.23. The fraction of sp³-hybridized carbons (Fsp3) is 0.100. The van der Waals surface area contributed by atoms with Crippen molar-refractivity contribution >= 4 is 11.6 Å². The van der Waals surface area contributed by atoms with Crippen LogP contribution in [0, 0.1) is 11.6 Å². The smallest absolute Gasteiger partial charge is 0.150 e. The van der Waals surface area contributed by atoms with Crippen molar-refractivity contribution in [2.45, 2.75) is 5.88 Å². The molecule has 0 N–H and O–H groups in total. The lowest BCUT2D eigenvalue weighted by atomic mass is 10.3. The van der Waals surface area contributed by atoms with E-state index in [0.717, 1.165) is 6.07 Å². The van der Waals surface area contributed by atoms with Crippen molar-refractivity contribution in [3.8, 4) is 5.69 Å². The van der Waals surface area contributed by atoms with E-state index in [1.54, 1.807) is 6.20 Å². The topological polar surface area (TPSA) is 17.8 Å².